The third-order valence-corrected chi connectivity index (χ3v) is 4.41. The molecule has 1 aromatic rings. The van der Waals surface area contributed by atoms with E-state index in [0.29, 0.717) is 10.6 Å². The maximum atomic E-state index is 10.3. The van der Waals surface area contributed by atoms with Gasteiger partial charge < -0.3 is 10.4 Å². The van der Waals surface area contributed by atoms with Crippen molar-refractivity contribution in [1.82, 2.24) is 0 Å². The van der Waals surface area contributed by atoms with Gasteiger partial charge in [0.25, 0.3) is 0 Å². The zero-order valence-electron chi connectivity index (χ0n) is 11.3. The largest absolute Gasteiger partial charge is 0.388 e. The fourth-order valence-corrected chi connectivity index (χ4v) is 3.09. The topological polar surface area (TPSA) is 56.0 Å². The lowest BCUT2D eigenvalue weighted by atomic mass is 9.99. The van der Waals surface area contributed by atoms with Gasteiger partial charge in [0.1, 0.15) is 6.07 Å². The molecular formula is C15H19ClN2O. The second-order valence-electron chi connectivity index (χ2n) is 5.36. The van der Waals surface area contributed by atoms with Crippen molar-refractivity contribution in [2.75, 3.05) is 5.32 Å². The van der Waals surface area contributed by atoms with E-state index in [1.54, 1.807) is 6.07 Å². The van der Waals surface area contributed by atoms with E-state index in [9.17, 15) is 5.11 Å². The Labute approximate surface area is 119 Å². The number of hydrogen-bond acceptors (Lipinski definition) is 3. The number of anilines is 1. The zero-order chi connectivity index (χ0) is 14.0. The number of halogens is 1. The zero-order valence-corrected chi connectivity index (χ0v) is 12.1. The van der Waals surface area contributed by atoms with Gasteiger partial charge in [-0.05, 0) is 50.3 Å². The Morgan fingerprint density at radius 3 is 2.84 bits per heavy atom. The third-order valence-electron chi connectivity index (χ3n) is 3.97. The van der Waals surface area contributed by atoms with E-state index in [0.717, 1.165) is 36.9 Å². The van der Waals surface area contributed by atoms with Crippen molar-refractivity contribution >= 4 is 17.3 Å². The Morgan fingerprint density at radius 1 is 1.58 bits per heavy atom. The first-order valence-electron chi connectivity index (χ1n) is 6.70. The van der Waals surface area contributed by atoms with Gasteiger partial charge in [0, 0.05) is 5.69 Å². The third kappa shape index (κ3) is 2.70. The number of rotatable bonds is 3. The highest BCUT2D eigenvalue weighted by molar-refractivity contribution is 6.32. The van der Waals surface area contributed by atoms with Crippen molar-refractivity contribution in [3.63, 3.8) is 0 Å². The molecule has 19 heavy (non-hydrogen) atoms. The molecule has 1 aliphatic rings. The first-order valence-corrected chi connectivity index (χ1v) is 7.07. The van der Waals surface area contributed by atoms with Gasteiger partial charge in [-0.1, -0.05) is 18.5 Å². The molecule has 1 saturated carbocycles. The van der Waals surface area contributed by atoms with Crippen LogP contribution in [0.5, 0.6) is 0 Å². The second-order valence-corrected chi connectivity index (χ2v) is 5.74. The number of nitrogens with zero attached hydrogens (tertiary/aromatic N) is 1. The average molecular weight is 279 g/mol. The van der Waals surface area contributed by atoms with Crippen LogP contribution in [0.2, 0.25) is 5.02 Å². The van der Waals surface area contributed by atoms with E-state index in [-0.39, 0.29) is 6.04 Å². The summed E-state index contributed by atoms with van der Waals surface area (Å²) in [5, 5.41) is 23.2. The SMILES string of the molecule is CCc1c(N[C@H]2CCC[C@@]2(C)O)ccc(C#N)c1Cl. The summed E-state index contributed by atoms with van der Waals surface area (Å²) in [5.74, 6) is 0. The van der Waals surface area contributed by atoms with Crippen molar-refractivity contribution in [1.29, 1.82) is 5.26 Å². The molecule has 0 unspecified atom stereocenters. The highest BCUT2D eigenvalue weighted by atomic mass is 35.5. The molecule has 2 rings (SSSR count). The molecule has 0 aliphatic heterocycles. The molecule has 2 atom stereocenters. The fraction of sp³-hybridized carbons (Fsp3) is 0.533. The normalized spacial score (nSPS) is 26.2. The van der Waals surface area contributed by atoms with Gasteiger partial charge in [0.05, 0.1) is 22.2 Å². The number of nitrogens with one attached hydrogen (secondary N) is 1. The standard InChI is InChI=1S/C15H19ClN2O/c1-3-11-12(7-6-10(9-17)14(11)16)18-13-5-4-8-15(13,2)19/h6-7,13,18-19H,3-5,8H2,1-2H3/t13-,15+/m0/s1. The summed E-state index contributed by atoms with van der Waals surface area (Å²) in [6, 6.07) is 5.76. The Morgan fingerprint density at radius 2 is 2.32 bits per heavy atom. The molecular weight excluding hydrogens is 260 g/mol. The van der Waals surface area contributed by atoms with Crippen molar-refractivity contribution in [2.24, 2.45) is 0 Å². The van der Waals surface area contributed by atoms with E-state index in [1.807, 2.05) is 19.9 Å². The van der Waals surface area contributed by atoms with Gasteiger partial charge in [-0.15, -0.1) is 0 Å². The molecule has 4 heteroatoms. The first kappa shape index (κ1) is 14.2. The first-order chi connectivity index (χ1) is 8.99. The number of benzene rings is 1. The maximum Gasteiger partial charge on any atom is 0.101 e. The van der Waals surface area contributed by atoms with E-state index < -0.39 is 5.60 Å². The minimum atomic E-state index is -0.675. The smallest absolute Gasteiger partial charge is 0.101 e. The van der Waals surface area contributed by atoms with Gasteiger partial charge >= 0.3 is 0 Å². The molecule has 0 radical (unpaired) electrons. The molecule has 1 aliphatic carbocycles. The molecule has 0 heterocycles. The highest BCUT2D eigenvalue weighted by Crippen LogP contribution is 2.35. The summed E-state index contributed by atoms with van der Waals surface area (Å²) in [6.45, 7) is 3.88. The molecule has 3 nitrogen and oxygen atoms in total. The summed E-state index contributed by atoms with van der Waals surface area (Å²) in [5.41, 5.74) is 1.70. The highest BCUT2D eigenvalue weighted by Gasteiger charge is 2.36. The van der Waals surface area contributed by atoms with Crippen LogP contribution in [-0.4, -0.2) is 16.7 Å². The van der Waals surface area contributed by atoms with Gasteiger partial charge in [0.2, 0.25) is 0 Å². The van der Waals surface area contributed by atoms with Gasteiger partial charge in [-0.3, -0.25) is 0 Å². The predicted molar refractivity (Wildman–Crippen MR) is 77.4 cm³/mol. The molecule has 1 fully saturated rings. The number of hydrogen-bond donors (Lipinski definition) is 2. The maximum absolute atomic E-state index is 10.3. The van der Waals surface area contributed by atoms with Crippen LogP contribution in [0.1, 0.15) is 44.2 Å². The Hall–Kier alpha value is -1.24. The molecule has 1 aromatic carbocycles. The van der Waals surface area contributed by atoms with Crippen LogP contribution in [0, 0.1) is 11.3 Å². The summed E-state index contributed by atoms with van der Waals surface area (Å²) >= 11 is 6.25. The van der Waals surface area contributed by atoms with Crippen LogP contribution in [0.15, 0.2) is 12.1 Å². The van der Waals surface area contributed by atoms with Crippen molar-refractivity contribution in [2.45, 2.75) is 51.2 Å². The quantitative estimate of drug-likeness (QED) is 0.890. The minimum Gasteiger partial charge on any atom is -0.388 e. The van der Waals surface area contributed by atoms with Crippen LogP contribution in [-0.2, 0) is 6.42 Å². The Bertz CT molecular complexity index is 520. The van der Waals surface area contributed by atoms with E-state index in [1.165, 1.54) is 0 Å². The molecule has 0 amide bonds. The van der Waals surface area contributed by atoms with Crippen molar-refractivity contribution in [3.05, 3.63) is 28.3 Å². The van der Waals surface area contributed by atoms with Crippen molar-refractivity contribution < 1.29 is 5.11 Å². The van der Waals surface area contributed by atoms with Crippen LogP contribution in [0.3, 0.4) is 0 Å². The van der Waals surface area contributed by atoms with Gasteiger partial charge in [-0.2, -0.15) is 5.26 Å². The number of nitriles is 1. The molecule has 0 spiro atoms. The van der Waals surface area contributed by atoms with Crippen molar-refractivity contribution in [3.8, 4) is 6.07 Å². The van der Waals surface area contributed by atoms with E-state index >= 15 is 0 Å². The lowest BCUT2D eigenvalue weighted by Gasteiger charge is -2.28. The van der Waals surface area contributed by atoms with Crippen LogP contribution in [0.25, 0.3) is 0 Å². The van der Waals surface area contributed by atoms with E-state index in [4.69, 9.17) is 16.9 Å². The average Bonchev–Trinajstić information content (AvgIpc) is 2.69. The van der Waals surface area contributed by atoms with Gasteiger partial charge in [-0.25, -0.2) is 0 Å². The molecule has 0 aromatic heterocycles. The summed E-state index contributed by atoms with van der Waals surface area (Å²) in [7, 11) is 0. The summed E-state index contributed by atoms with van der Waals surface area (Å²) < 4.78 is 0. The molecule has 102 valence electrons. The molecule has 0 saturated heterocycles. The van der Waals surface area contributed by atoms with Crippen LogP contribution < -0.4 is 5.32 Å². The minimum absolute atomic E-state index is 0.0433. The summed E-state index contributed by atoms with van der Waals surface area (Å²) in [6.07, 6.45) is 3.55. The van der Waals surface area contributed by atoms with Gasteiger partial charge in [0.15, 0.2) is 0 Å². The Balaban J connectivity index is 2.31. The monoisotopic (exact) mass is 278 g/mol. The molecule has 2 N–H and O–H groups in total. The van der Waals surface area contributed by atoms with Crippen LogP contribution in [0.4, 0.5) is 5.69 Å². The fourth-order valence-electron chi connectivity index (χ4n) is 2.75. The summed E-state index contributed by atoms with van der Waals surface area (Å²) in [4.78, 5) is 0. The number of aliphatic hydroxyl groups is 1. The second kappa shape index (κ2) is 5.40. The predicted octanol–water partition coefficient (Wildman–Crippen LogP) is 3.49. The molecule has 0 bridgehead atoms. The van der Waals surface area contributed by atoms with Crippen LogP contribution >= 0.6 is 11.6 Å². The lowest BCUT2D eigenvalue weighted by Crippen LogP contribution is -2.39. The van der Waals surface area contributed by atoms with E-state index in [2.05, 4.69) is 11.4 Å². The lowest BCUT2D eigenvalue weighted by molar-refractivity contribution is 0.0578. The Kier molecular flexibility index (Phi) is 4.03.